The number of rotatable bonds is 6. The summed E-state index contributed by atoms with van der Waals surface area (Å²) in [5.41, 5.74) is 4.99. The van der Waals surface area contributed by atoms with Crippen molar-refractivity contribution < 1.29 is 10.2 Å². The van der Waals surface area contributed by atoms with Crippen molar-refractivity contribution in [2.24, 2.45) is 0 Å². The minimum absolute atomic E-state index is 0.152. The van der Waals surface area contributed by atoms with E-state index in [0.717, 1.165) is 12.8 Å². The highest BCUT2D eigenvalue weighted by molar-refractivity contribution is 5.64. The lowest BCUT2D eigenvalue weighted by Crippen LogP contribution is -2.12. The molecule has 0 fully saturated rings. The molecule has 0 radical (unpaired) electrons. The van der Waals surface area contributed by atoms with Gasteiger partial charge in [0.25, 0.3) is 0 Å². The maximum atomic E-state index is 9.15. The van der Waals surface area contributed by atoms with Gasteiger partial charge in [0.15, 0.2) is 0 Å². The van der Waals surface area contributed by atoms with Crippen molar-refractivity contribution in [2.45, 2.75) is 64.2 Å². The summed E-state index contributed by atoms with van der Waals surface area (Å²) < 4.78 is 0. The van der Waals surface area contributed by atoms with Crippen molar-refractivity contribution >= 4 is 11.4 Å². The van der Waals surface area contributed by atoms with Gasteiger partial charge in [-0.2, -0.15) is 0 Å². The molecule has 4 N–H and O–H groups in total. The molecule has 2 aliphatic rings. The van der Waals surface area contributed by atoms with Crippen LogP contribution in [0.4, 0.5) is 11.4 Å². The first kappa shape index (κ1) is 19.1. The Bertz CT molecular complexity index is 433. The van der Waals surface area contributed by atoms with Crippen molar-refractivity contribution in [3.05, 3.63) is 23.3 Å². The van der Waals surface area contributed by atoms with Gasteiger partial charge in [-0.3, -0.25) is 0 Å². The zero-order valence-corrected chi connectivity index (χ0v) is 14.9. The highest BCUT2D eigenvalue weighted by Gasteiger charge is 2.11. The van der Waals surface area contributed by atoms with E-state index >= 15 is 0 Å². The Labute approximate surface area is 146 Å². The molecule has 3 rings (SSSR count). The summed E-state index contributed by atoms with van der Waals surface area (Å²) in [7, 11) is 0. The van der Waals surface area contributed by atoms with Crippen molar-refractivity contribution in [3.63, 3.8) is 0 Å². The smallest absolute Gasteiger partial charge is 0.0604 e. The summed E-state index contributed by atoms with van der Waals surface area (Å²) in [6, 6.07) is 4.52. The molecular weight excluding hydrogens is 300 g/mol. The van der Waals surface area contributed by atoms with Gasteiger partial charge in [-0.15, -0.1) is 0 Å². The average molecular weight is 335 g/mol. The summed E-state index contributed by atoms with van der Waals surface area (Å²) in [6.45, 7) is 1.49. The van der Waals surface area contributed by atoms with Gasteiger partial charge in [-0.05, 0) is 48.9 Å². The van der Waals surface area contributed by atoms with E-state index in [0.29, 0.717) is 13.1 Å². The number of fused-ring (bicyclic) bond motifs is 11. The van der Waals surface area contributed by atoms with Gasteiger partial charge in [0.1, 0.15) is 0 Å². The molecule has 4 nitrogen and oxygen atoms in total. The fourth-order valence-electron chi connectivity index (χ4n) is 3.50. The first-order valence-corrected chi connectivity index (χ1v) is 9.70. The van der Waals surface area contributed by atoms with Crippen LogP contribution in [-0.2, 0) is 12.8 Å². The van der Waals surface area contributed by atoms with Crippen LogP contribution < -0.4 is 10.6 Å². The summed E-state index contributed by atoms with van der Waals surface area (Å²) in [5, 5.41) is 25.1. The van der Waals surface area contributed by atoms with E-state index in [-0.39, 0.29) is 13.2 Å². The lowest BCUT2D eigenvalue weighted by molar-refractivity contribution is 0.310. The predicted octanol–water partition coefficient (Wildman–Crippen LogP) is 3.71. The molecule has 2 aliphatic carbocycles. The third kappa shape index (κ3) is 6.33. The van der Waals surface area contributed by atoms with E-state index < -0.39 is 0 Å². The van der Waals surface area contributed by atoms with Crippen molar-refractivity contribution in [3.8, 4) is 0 Å². The number of aliphatic hydroxyl groups excluding tert-OH is 2. The maximum Gasteiger partial charge on any atom is 0.0604 e. The SMILES string of the molecule is OCCNc1cc2c(NCCO)cc1CCCCCCCCCC2. The average Bonchev–Trinajstić information content (AvgIpc) is 2.60. The van der Waals surface area contributed by atoms with E-state index in [1.165, 1.54) is 73.9 Å². The molecule has 24 heavy (non-hydrogen) atoms. The third-order valence-electron chi connectivity index (χ3n) is 4.83. The van der Waals surface area contributed by atoms with Crippen molar-refractivity contribution in [1.29, 1.82) is 0 Å². The number of hydrogen-bond acceptors (Lipinski definition) is 4. The van der Waals surface area contributed by atoms with Crippen LogP contribution in [0.2, 0.25) is 0 Å². The number of aryl methyl sites for hydroxylation is 2. The Kier molecular flexibility index (Phi) is 9.00. The minimum atomic E-state index is 0.152. The van der Waals surface area contributed by atoms with Gasteiger partial charge in [-0.1, -0.05) is 38.5 Å². The van der Waals surface area contributed by atoms with Crippen LogP contribution >= 0.6 is 0 Å². The fraction of sp³-hybridized carbons (Fsp3) is 0.700. The topological polar surface area (TPSA) is 64.5 Å². The number of benzene rings is 1. The Morgan fingerprint density at radius 1 is 0.625 bits per heavy atom. The molecule has 0 heterocycles. The fourth-order valence-corrected chi connectivity index (χ4v) is 3.50. The van der Waals surface area contributed by atoms with Crippen LogP contribution in [-0.4, -0.2) is 36.5 Å². The van der Waals surface area contributed by atoms with Gasteiger partial charge < -0.3 is 20.8 Å². The van der Waals surface area contributed by atoms with E-state index in [1.54, 1.807) is 0 Å². The number of nitrogens with one attached hydrogen (secondary N) is 2. The predicted molar refractivity (Wildman–Crippen MR) is 102 cm³/mol. The monoisotopic (exact) mass is 334 g/mol. The van der Waals surface area contributed by atoms with Gasteiger partial charge in [0.05, 0.1) is 13.2 Å². The van der Waals surface area contributed by atoms with E-state index in [1.807, 2.05) is 0 Å². The van der Waals surface area contributed by atoms with E-state index in [2.05, 4.69) is 22.8 Å². The third-order valence-corrected chi connectivity index (χ3v) is 4.83. The summed E-state index contributed by atoms with van der Waals surface area (Å²) >= 11 is 0. The molecule has 136 valence electrons. The Morgan fingerprint density at radius 3 is 1.38 bits per heavy atom. The van der Waals surface area contributed by atoms with Crippen LogP contribution in [0.5, 0.6) is 0 Å². The second-order valence-corrected chi connectivity index (χ2v) is 6.80. The van der Waals surface area contributed by atoms with Crippen LogP contribution in [0.25, 0.3) is 0 Å². The van der Waals surface area contributed by atoms with Gasteiger partial charge >= 0.3 is 0 Å². The van der Waals surface area contributed by atoms with E-state index in [9.17, 15) is 0 Å². The maximum absolute atomic E-state index is 9.15. The standard InChI is InChI=1S/C20H34N2O2/c23-13-11-21-19-16-18-10-8-6-4-2-1-3-5-7-9-17(19)15-20(18)22-12-14-24/h15-16,21-24H,1-14H2. The molecule has 0 saturated carbocycles. The van der Waals surface area contributed by atoms with Crippen LogP contribution in [0.15, 0.2) is 12.1 Å². The highest BCUT2D eigenvalue weighted by atomic mass is 16.3. The molecule has 0 aliphatic heterocycles. The minimum Gasteiger partial charge on any atom is -0.395 e. The molecule has 0 saturated heterocycles. The Morgan fingerprint density at radius 2 is 1.00 bits per heavy atom. The van der Waals surface area contributed by atoms with Crippen LogP contribution in [0, 0.1) is 0 Å². The number of anilines is 2. The molecular formula is C20H34N2O2. The lowest BCUT2D eigenvalue weighted by atomic mass is 9.96. The van der Waals surface area contributed by atoms with Crippen molar-refractivity contribution in [1.82, 2.24) is 0 Å². The largest absolute Gasteiger partial charge is 0.395 e. The first-order valence-electron chi connectivity index (χ1n) is 9.70. The lowest BCUT2D eigenvalue weighted by Gasteiger charge is -2.19. The molecule has 0 amide bonds. The Hall–Kier alpha value is -1.26. The van der Waals surface area contributed by atoms with Crippen LogP contribution in [0.1, 0.15) is 62.5 Å². The second-order valence-electron chi connectivity index (χ2n) is 6.80. The normalized spacial score (nSPS) is 16.6. The number of hydrogen-bond donors (Lipinski definition) is 4. The molecule has 1 aromatic rings. The van der Waals surface area contributed by atoms with Gasteiger partial charge in [0, 0.05) is 24.5 Å². The second kappa shape index (κ2) is 11.3. The quantitative estimate of drug-likeness (QED) is 0.640. The molecule has 0 aromatic heterocycles. The van der Waals surface area contributed by atoms with Crippen molar-refractivity contribution in [2.75, 3.05) is 36.9 Å². The molecule has 1 aromatic carbocycles. The molecule has 0 unspecified atom stereocenters. The molecule has 2 bridgehead atoms. The molecule has 0 spiro atoms. The molecule has 0 atom stereocenters. The zero-order valence-electron chi connectivity index (χ0n) is 14.9. The summed E-state index contributed by atoms with van der Waals surface area (Å²) in [5.74, 6) is 0. The zero-order chi connectivity index (χ0) is 17.0. The number of aliphatic hydroxyl groups is 2. The van der Waals surface area contributed by atoms with Gasteiger partial charge in [0.2, 0.25) is 0 Å². The highest BCUT2D eigenvalue weighted by Crippen LogP contribution is 2.29. The first-order chi connectivity index (χ1) is 11.8. The van der Waals surface area contributed by atoms with Gasteiger partial charge in [-0.25, -0.2) is 0 Å². The Balaban J connectivity index is 2.23. The summed E-state index contributed by atoms with van der Waals surface area (Å²) in [6.07, 6.45) is 12.6. The van der Waals surface area contributed by atoms with Crippen LogP contribution in [0.3, 0.4) is 0 Å². The molecule has 4 heteroatoms. The van der Waals surface area contributed by atoms with E-state index in [4.69, 9.17) is 10.2 Å². The summed E-state index contributed by atoms with van der Waals surface area (Å²) in [4.78, 5) is 0.